The Bertz CT molecular complexity index is 211. The molecule has 0 aromatic rings. The number of nitrogens with one attached hydrogen (secondary N) is 1. The fourth-order valence-electron chi connectivity index (χ4n) is 1.57. The number of hydrogen-bond acceptors (Lipinski definition) is 3. The van der Waals surface area contributed by atoms with Crippen LogP contribution in [0.25, 0.3) is 0 Å². The van der Waals surface area contributed by atoms with Crippen molar-refractivity contribution in [3.63, 3.8) is 0 Å². The van der Waals surface area contributed by atoms with Crippen LogP contribution >= 0.6 is 12.4 Å². The van der Waals surface area contributed by atoms with E-state index in [1.54, 1.807) is 0 Å². The van der Waals surface area contributed by atoms with E-state index in [-0.39, 0.29) is 30.0 Å². The van der Waals surface area contributed by atoms with Gasteiger partial charge in [0, 0.05) is 18.7 Å². The quantitative estimate of drug-likeness (QED) is 0.789. The van der Waals surface area contributed by atoms with Crippen LogP contribution in [0.5, 0.6) is 0 Å². The van der Waals surface area contributed by atoms with Crippen LogP contribution in [-0.2, 0) is 9.53 Å². The van der Waals surface area contributed by atoms with E-state index in [9.17, 15) is 4.79 Å². The fourth-order valence-corrected chi connectivity index (χ4v) is 1.57. The first-order chi connectivity index (χ1) is 6.97. The third-order valence-electron chi connectivity index (χ3n) is 2.43. The highest BCUT2D eigenvalue weighted by molar-refractivity contribution is 5.85. The first kappa shape index (κ1) is 15.7. The Morgan fingerprint density at radius 2 is 2.19 bits per heavy atom. The molecule has 0 aromatic carbocycles. The summed E-state index contributed by atoms with van der Waals surface area (Å²) in [7, 11) is 0. The standard InChI is InChI=1S/C11H22N2O2.ClH/c1-11(2,12)8-13-10(14)7-9-5-3-4-6-15-9;/h9H,3-8,12H2,1-2H3,(H,13,14);1H. The van der Waals surface area contributed by atoms with Gasteiger partial charge in [0.15, 0.2) is 0 Å². The number of carbonyl (C=O) groups excluding carboxylic acids is 1. The molecule has 0 aliphatic carbocycles. The van der Waals surface area contributed by atoms with Crippen molar-refractivity contribution in [1.29, 1.82) is 0 Å². The molecule has 3 N–H and O–H groups in total. The Hall–Kier alpha value is -0.320. The smallest absolute Gasteiger partial charge is 0.222 e. The molecule has 0 radical (unpaired) electrons. The Kier molecular flexibility index (Phi) is 6.95. The zero-order chi connectivity index (χ0) is 11.3. The van der Waals surface area contributed by atoms with Crippen LogP contribution in [-0.4, -0.2) is 30.7 Å². The summed E-state index contributed by atoms with van der Waals surface area (Å²) in [6, 6.07) is 0. The Morgan fingerprint density at radius 1 is 1.50 bits per heavy atom. The third-order valence-corrected chi connectivity index (χ3v) is 2.43. The SMILES string of the molecule is CC(C)(N)CNC(=O)CC1CCCCO1.Cl. The second-order valence-electron chi connectivity index (χ2n) is 4.96. The number of ether oxygens (including phenoxy) is 1. The average molecular weight is 251 g/mol. The molecule has 0 bridgehead atoms. The number of carbonyl (C=O) groups is 1. The van der Waals surface area contributed by atoms with Gasteiger partial charge in [-0.2, -0.15) is 0 Å². The van der Waals surface area contributed by atoms with Gasteiger partial charge < -0.3 is 15.8 Å². The Balaban J connectivity index is 0.00000225. The van der Waals surface area contributed by atoms with E-state index in [0.717, 1.165) is 19.4 Å². The molecule has 1 saturated heterocycles. The zero-order valence-electron chi connectivity index (χ0n) is 10.1. The van der Waals surface area contributed by atoms with Crippen molar-refractivity contribution in [3.05, 3.63) is 0 Å². The molecule has 96 valence electrons. The summed E-state index contributed by atoms with van der Waals surface area (Å²) >= 11 is 0. The van der Waals surface area contributed by atoms with E-state index in [1.807, 2.05) is 13.8 Å². The topological polar surface area (TPSA) is 64.3 Å². The minimum absolute atomic E-state index is 0. The van der Waals surface area contributed by atoms with Crippen LogP contribution in [0, 0.1) is 0 Å². The van der Waals surface area contributed by atoms with Gasteiger partial charge in [-0.05, 0) is 33.1 Å². The average Bonchev–Trinajstić information content (AvgIpc) is 2.15. The van der Waals surface area contributed by atoms with Gasteiger partial charge in [0.25, 0.3) is 0 Å². The van der Waals surface area contributed by atoms with Gasteiger partial charge in [-0.1, -0.05) is 0 Å². The van der Waals surface area contributed by atoms with E-state index >= 15 is 0 Å². The second kappa shape index (κ2) is 7.09. The minimum Gasteiger partial charge on any atom is -0.378 e. The van der Waals surface area contributed by atoms with Crippen LogP contribution in [0.3, 0.4) is 0 Å². The normalized spacial score (nSPS) is 21.1. The first-order valence-corrected chi connectivity index (χ1v) is 5.64. The Morgan fingerprint density at radius 3 is 2.69 bits per heavy atom. The monoisotopic (exact) mass is 250 g/mol. The van der Waals surface area contributed by atoms with Gasteiger partial charge >= 0.3 is 0 Å². The fraction of sp³-hybridized carbons (Fsp3) is 0.909. The molecule has 16 heavy (non-hydrogen) atoms. The highest BCUT2D eigenvalue weighted by atomic mass is 35.5. The lowest BCUT2D eigenvalue weighted by atomic mass is 10.1. The highest BCUT2D eigenvalue weighted by Gasteiger charge is 2.18. The maximum Gasteiger partial charge on any atom is 0.222 e. The largest absolute Gasteiger partial charge is 0.378 e. The number of amides is 1. The molecular formula is C11H23ClN2O2. The highest BCUT2D eigenvalue weighted by Crippen LogP contribution is 2.15. The van der Waals surface area contributed by atoms with Gasteiger partial charge in [-0.15, -0.1) is 12.4 Å². The first-order valence-electron chi connectivity index (χ1n) is 5.64. The molecule has 1 amide bonds. The van der Waals surface area contributed by atoms with Gasteiger partial charge in [-0.25, -0.2) is 0 Å². The maximum atomic E-state index is 11.5. The van der Waals surface area contributed by atoms with E-state index < -0.39 is 0 Å². The van der Waals surface area contributed by atoms with Crippen LogP contribution in [0.2, 0.25) is 0 Å². The molecule has 0 saturated carbocycles. The van der Waals surface area contributed by atoms with E-state index in [0.29, 0.717) is 13.0 Å². The minimum atomic E-state index is -0.344. The molecule has 1 rings (SSSR count). The van der Waals surface area contributed by atoms with Crippen LogP contribution in [0.1, 0.15) is 39.5 Å². The molecule has 0 aromatic heterocycles. The third kappa shape index (κ3) is 7.04. The van der Waals surface area contributed by atoms with Crippen molar-refractivity contribution in [2.45, 2.75) is 51.2 Å². The predicted octanol–water partition coefficient (Wildman–Crippen LogP) is 1.22. The number of hydrogen-bond donors (Lipinski definition) is 2. The summed E-state index contributed by atoms with van der Waals surface area (Å²) in [5, 5.41) is 2.83. The lowest BCUT2D eigenvalue weighted by molar-refractivity contribution is -0.125. The molecule has 5 heteroatoms. The molecule has 0 spiro atoms. The number of nitrogens with two attached hydrogens (primary N) is 1. The lowest BCUT2D eigenvalue weighted by Gasteiger charge is -2.23. The summed E-state index contributed by atoms with van der Waals surface area (Å²) in [6.07, 6.45) is 3.86. The van der Waals surface area contributed by atoms with Crippen molar-refractivity contribution in [2.24, 2.45) is 5.73 Å². The number of rotatable bonds is 4. The summed E-state index contributed by atoms with van der Waals surface area (Å²) in [4.78, 5) is 11.5. The maximum absolute atomic E-state index is 11.5. The predicted molar refractivity (Wildman–Crippen MR) is 66.7 cm³/mol. The number of halogens is 1. The summed E-state index contributed by atoms with van der Waals surface area (Å²) in [5.74, 6) is 0.0421. The van der Waals surface area contributed by atoms with Crippen LogP contribution in [0.4, 0.5) is 0 Å². The molecule has 1 atom stereocenters. The second-order valence-corrected chi connectivity index (χ2v) is 4.96. The summed E-state index contributed by atoms with van der Waals surface area (Å²) < 4.78 is 5.49. The van der Waals surface area contributed by atoms with Gasteiger partial charge in [0.05, 0.1) is 12.5 Å². The summed E-state index contributed by atoms with van der Waals surface area (Å²) in [5.41, 5.74) is 5.43. The Labute approximate surface area is 104 Å². The van der Waals surface area contributed by atoms with Gasteiger partial charge in [-0.3, -0.25) is 4.79 Å². The van der Waals surface area contributed by atoms with Crippen molar-refractivity contribution in [3.8, 4) is 0 Å². The van der Waals surface area contributed by atoms with Crippen molar-refractivity contribution in [2.75, 3.05) is 13.2 Å². The molecule has 1 fully saturated rings. The summed E-state index contributed by atoms with van der Waals surface area (Å²) in [6.45, 7) is 5.09. The molecule has 4 nitrogen and oxygen atoms in total. The molecule has 1 aliphatic heterocycles. The van der Waals surface area contributed by atoms with E-state index in [1.165, 1.54) is 6.42 Å². The molecule has 1 aliphatic rings. The molecular weight excluding hydrogens is 228 g/mol. The van der Waals surface area contributed by atoms with Gasteiger partial charge in [0.2, 0.25) is 5.91 Å². The van der Waals surface area contributed by atoms with Crippen molar-refractivity contribution >= 4 is 18.3 Å². The van der Waals surface area contributed by atoms with Gasteiger partial charge in [0.1, 0.15) is 0 Å². The van der Waals surface area contributed by atoms with Crippen LogP contribution in [0.15, 0.2) is 0 Å². The molecule has 1 unspecified atom stereocenters. The molecule has 1 heterocycles. The van der Waals surface area contributed by atoms with E-state index in [2.05, 4.69) is 5.32 Å². The van der Waals surface area contributed by atoms with E-state index in [4.69, 9.17) is 10.5 Å². The van der Waals surface area contributed by atoms with Crippen LogP contribution < -0.4 is 11.1 Å². The zero-order valence-corrected chi connectivity index (χ0v) is 10.9. The lowest BCUT2D eigenvalue weighted by Crippen LogP contribution is -2.45. The van der Waals surface area contributed by atoms with Crippen molar-refractivity contribution in [1.82, 2.24) is 5.32 Å². The van der Waals surface area contributed by atoms with Crippen molar-refractivity contribution < 1.29 is 9.53 Å².